The number of carboxylic acids is 1. The summed E-state index contributed by atoms with van der Waals surface area (Å²) in [5, 5.41) is 8.87. The molecule has 5 nitrogen and oxygen atoms in total. The highest BCUT2D eigenvalue weighted by atomic mass is 16.5. The molecule has 0 spiro atoms. The van der Waals surface area contributed by atoms with Crippen LogP contribution >= 0.6 is 0 Å². The van der Waals surface area contributed by atoms with E-state index in [-0.39, 0.29) is 11.7 Å². The van der Waals surface area contributed by atoms with E-state index in [1.165, 1.54) is 0 Å². The Bertz CT molecular complexity index is 559. The molecule has 0 saturated carbocycles. The van der Waals surface area contributed by atoms with Gasteiger partial charge in [-0.25, -0.2) is 9.78 Å². The van der Waals surface area contributed by atoms with Crippen LogP contribution < -0.4 is 4.74 Å². The monoisotopic (exact) mass is 233 g/mol. The van der Waals surface area contributed by atoms with Crippen molar-refractivity contribution in [2.24, 2.45) is 0 Å². The molecule has 0 fully saturated rings. The fraction of sp³-hybridized carbons (Fsp3) is 0.167. The van der Waals surface area contributed by atoms with Crippen LogP contribution in [0, 0.1) is 6.92 Å². The minimum absolute atomic E-state index is 0.136. The van der Waals surface area contributed by atoms with Gasteiger partial charge in [-0.1, -0.05) is 6.07 Å². The summed E-state index contributed by atoms with van der Waals surface area (Å²) in [7, 11) is 1.56. The lowest BCUT2D eigenvalue weighted by Gasteiger charge is -2.00. The fourth-order valence-electron chi connectivity index (χ4n) is 1.47. The molecular weight excluding hydrogens is 222 g/mol. The number of methoxy groups -OCH3 is 1. The first-order chi connectivity index (χ1) is 8.11. The van der Waals surface area contributed by atoms with Gasteiger partial charge < -0.3 is 14.3 Å². The van der Waals surface area contributed by atoms with Crippen molar-refractivity contribution in [2.45, 2.75) is 6.92 Å². The molecule has 1 heterocycles. The minimum atomic E-state index is -1.12. The molecule has 88 valence electrons. The molecule has 1 aromatic heterocycles. The maximum Gasteiger partial charge on any atom is 0.373 e. The molecule has 17 heavy (non-hydrogen) atoms. The van der Waals surface area contributed by atoms with Crippen LogP contribution in [0.25, 0.3) is 11.5 Å². The molecule has 0 radical (unpaired) electrons. The van der Waals surface area contributed by atoms with Crippen molar-refractivity contribution in [2.75, 3.05) is 7.11 Å². The van der Waals surface area contributed by atoms with E-state index in [2.05, 4.69) is 4.98 Å². The molecule has 2 aromatic rings. The van der Waals surface area contributed by atoms with Crippen molar-refractivity contribution < 1.29 is 19.1 Å². The normalized spacial score (nSPS) is 10.2. The Hall–Kier alpha value is -2.30. The molecule has 1 N–H and O–H groups in total. The molecule has 0 aliphatic rings. The molecule has 0 aliphatic carbocycles. The average Bonchev–Trinajstić information content (AvgIpc) is 2.71. The van der Waals surface area contributed by atoms with Gasteiger partial charge in [0, 0.05) is 5.56 Å². The Balaban J connectivity index is 2.46. The predicted octanol–water partition coefficient (Wildman–Crippen LogP) is 2.36. The first kappa shape index (κ1) is 11.2. The molecule has 1 aromatic carbocycles. The summed E-state index contributed by atoms with van der Waals surface area (Å²) in [5.74, 6) is -0.319. The number of aryl methyl sites for hydroxylation is 1. The molecule has 0 amide bonds. The van der Waals surface area contributed by atoms with Crippen LogP contribution in [0.4, 0.5) is 0 Å². The second-order valence-electron chi connectivity index (χ2n) is 3.47. The van der Waals surface area contributed by atoms with E-state index < -0.39 is 5.97 Å². The first-order valence-electron chi connectivity index (χ1n) is 4.97. The van der Waals surface area contributed by atoms with E-state index >= 15 is 0 Å². The molecule has 0 unspecified atom stereocenters. The fourth-order valence-corrected chi connectivity index (χ4v) is 1.47. The van der Waals surface area contributed by atoms with Gasteiger partial charge in [0.2, 0.25) is 11.7 Å². The molecule has 5 heteroatoms. The van der Waals surface area contributed by atoms with Crippen molar-refractivity contribution in [3.63, 3.8) is 0 Å². The van der Waals surface area contributed by atoms with Gasteiger partial charge in [-0.3, -0.25) is 0 Å². The highest BCUT2D eigenvalue weighted by molar-refractivity contribution is 5.86. The zero-order valence-corrected chi connectivity index (χ0v) is 9.43. The summed E-state index contributed by atoms with van der Waals surface area (Å²) in [4.78, 5) is 14.9. The smallest absolute Gasteiger partial charge is 0.373 e. The van der Waals surface area contributed by atoms with Gasteiger partial charge in [0.15, 0.2) is 0 Å². The minimum Gasteiger partial charge on any atom is -0.497 e. The maximum atomic E-state index is 10.8. The van der Waals surface area contributed by atoms with Crippen LogP contribution in [0.2, 0.25) is 0 Å². The number of aromatic nitrogens is 1. The summed E-state index contributed by atoms with van der Waals surface area (Å²) in [6, 6.07) is 7.09. The Morgan fingerprint density at radius 1 is 1.47 bits per heavy atom. The number of carbonyl (C=O) groups is 1. The number of hydrogen-bond donors (Lipinski definition) is 1. The Labute approximate surface area is 97.7 Å². The van der Waals surface area contributed by atoms with E-state index in [0.717, 1.165) is 0 Å². The van der Waals surface area contributed by atoms with Gasteiger partial charge in [-0.05, 0) is 25.1 Å². The summed E-state index contributed by atoms with van der Waals surface area (Å²) >= 11 is 0. The van der Waals surface area contributed by atoms with E-state index in [1.54, 1.807) is 38.3 Å². The van der Waals surface area contributed by atoms with Crippen LogP contribution in [0.3, 0.4) is 0 Å². The number of hydrogen-bond acceptors (Lipinski definition) is 4. The Morgan fingerprint density at radius 3 is 2.82 bits per heavy atom. The average molecular weight is 233 g/mol. The summed E-state index contributed by atoms with van der Waals surface area (Å²) < 4.78 is 10.3. The lowest BCUT2D eigenvalue weighted by Crippen LogP contribution is -1.95. The second-order valence-corrected chi connectivity index (χ2v) is 3.47. The SMILES string of the molecule is COc1cccc(-c2nc(C)c(C(=O)O)o2)c1. The number of oxazole rings is 1. The van der Waals surface area contributed by atoms with Crippen LogP contribution in [0.15, 0.2) is 28.7 Å². The van der Waals surface area contributed by atoms with E-state index in [0.29, 0.717) is 17.0 Å². The first-order valence-corrected chi connectivity index (χ1v) is 4.97. The second kappa shape index (κ2) is 4.29. The Kier molecular flexibility index (Phi) is 2.82. The van der Waals surface area contributed by atoms with Crippen molar-refractivity contribution in [3.05, 3.63) is 35.7 Å². The molecular formula is C12H11NO4. The Morgan fingerprint density at radius 2 is 2.24 bits per heavy atom. The third kappa shape index (κ3) is 2.13. The molecule has 0 aliphatic heterocycles. The number of nitrogens with zero attached hydrogens (tertiary/aromatic N) is 1. The third-order valence-corrected chi connectivity index (χ3v) is 2.31. The zero-order valence-electron chi connectivity index (χ0n) is 9.43. The van der Waals surface area contributed by atoms with Gasteiger partial charge in [0.1, 0.15) is 5.75 Å². The predicted molar refractivity (Wildman–Crippen MR) is 60.2 cm³/mol. The van der Waals surface area contributed by atoms with Crippen molar-refractivity contribution >= 4 is 5.97 Å². The lowest BCUT2D eigenvalue weighted by molar-refractivity contribution is 0.0662. The van der Waals surface area contributed by atoms with Crippen LogP contribution in [-0.2, 0) is 0 Å². The summed E-state index contributed by atoms with van der Waals surface area (Å²) in [6.07, 6.45) is 0. The number of aromatic carboxylic acids is 1. The summed E-state index contributed by atoms with van der Waals surface area (Å²) in [5.41, 5.74) is 1.04. The molecule has 0 bridgehead atoms. The highest BCUT2D eigenvalue weighted by Gasteiger charge is 2.17. The van der Waals surface area contributed by atoms with Crippen LogP contribution in [-0.4, -0.2) is 23.2 Å². The summed E-state index contributed by atoms with van der Waals surface area (Å²) in [6.45, 7) is 1.59. The van der Waals surface area contributed by atoms with Crippen molar-refractivity contribution in [1.29, 1.82) is 0 Å². The van der Waals surface area contributed by atoms with Crippen LogP contribution in [0.1, 0.15) is 16.2 Å². The van der Waals surface area contributed by atoms with Gasteiger partial charge in [0.05, 0.1) is 12.8 Å². The van der Waals surface area contributed by atoms with E-state index in [1.807, 2.05) is 0 Å². The van der Waals surface area contributed by atoms with Crippen LogP contribution in [0.5, 0.6) is 5.75 Å². The standard InChI is InChI=1S/C12H11NO4/c1-7-10(12(14)15)17-11(13-7)8-4-3-5-9(6-8)16-2/h3-6H,1-2H3,(H,14,15). The quantitative estimate of drug-likeness (QED) is 0.880. The number of carboxylic acid groups (broad SMARTS) is 1. The zero-order chi connectivity index (χ0) is 12.4. The molecule has 0 atom stereocenters. The number of ether oxygens (including phenoxy) is 1. The molecule has 0 saturated heterocycles. The maximum absolute atomic E-state index is 10.8. The molecule has 2 rings (SSSR count). The van der Waals surface area contributed by atoms with Gasteiger partial charge >= 0.3 is 5.97 Å². The number of benzene rings is 1. The highest BCUT2D eigenvalue weighted by Crippen LogP contribution is 2.25. The van der Waals surface area contributed by atoms with Gasteiger partial charge in [0.25, 0.3) is 0 Å². The topological polar surface area (TPSA) is 72.6 Å². The van der Waals surface area contributed by atoms with Crippen molar-refractivity contribution in [1.82, 2.24) is 4.98 Å². The van der Waals surface area contributed by atoms with E-state index in [4.69, 9.17) is 14.3 Å². The lowest BCUT2D eigenvalue weighted by atomic mass is 10.2. The number of rotatable bonds is 3. The van der Waals surface area contributed by atoms with E-state index in [9.17, 15) is 4.79 Å². The van der Waals surface area contributed by atoms with Gasteiger partial charge in [-0.15, -0.1) is 0 Å². The van der Waals surface area contributed by atoms with Gasteiger partial charge in [-0.2, -0.15) is 0 Å². The third-order valence-electron chi connectivity index (χ3n) is 2.31. The largest absolute Gasteiger partial charge is 0.497 e. The van der Waals surface area contributed by atoms with Crippen molar-refractivity contribution in [3.8, 4) is 17.2 Å².